The van der Waals surface area contributed by atoms with Crippen LogP contribution in [0.4, 0.5) is 5.69 Å². The van der Waals surface area contributed by atoms with Crippen molar-refractivity contribution in [3.05, 3.63) is 61.7 Å². The highest BCUT2D eigenvalue weighted by Gasteiger charge is 2.16. The summed E-state index contributed by atoms with van der Waals surface area (Å²) in [6, 6.07) is 11.4. The minimum Gasteiger partial charge on any atom is -0.322 e. The fraction of sp³-hybridized carbons (Fsp3) is 0.188. The molecule has 0 aliphatic carbocycles. The van der Waals surface area contributed by atoms with Crippen molar-refractivity contribution < 1.29 is 4.79 Å². The Hall–Kier alpha value is -1.11. The number of halogens is 2. The average molecular weight is 413 g/mol. The van der Waals surface area contributed by atoms with Crippen molar-refractivity contribution in [2.75, 3.05) is 11.9 Å². The third-order valence-electron chi connectivity index (χ3n) is 3.56. The molecular weight excluding hydrogens is 399 g/mol. The maximum Gasteiger partial charge on any atom is 0.256 e. The summed E-state index contributed by atoms with van der Waals surface area (Å²) in [5, 5.41) is 6.93. The second-order valence-corrected chi connectivity index (χ2v) is 6.55. The van der Waals surface area contributed by atoms with Gasteiger partial charge in [-0.2, -0.15) is 0 Å². The van der Waals surface area contributed by atoms with E-state index >= 15 is 0 Å². The highest BCUT2D eigenvalue weighted by molar-refractivity contribution is 14.1. The van der Waals surface area contributed by atoms with E-state index in [1.54, 1.807) is 12.1 Å². The van der Waals surface area contributed by atoms with Crippen LogP contribution >= 0.6 is 34.2 Å². The summed E-state index contributed by atoms with van der Waals surface area (Å²) >= 11 is 8.14. The van der Waals surface area contributed by atoms with Gasteiger partial charge in [-0.1, -0.05) is 23.7 Å². The predicted octanol–water partition coefficient (Wildman–Crippen LogP) is 3.84. The highest BCUT2D eigenvalue weighted by atomic mass is 127. The van der Waals surface area contributed by atoms with E-state index in [1.807, 2.05) is 18.2 Å². The molecule has 0 fully saturated rings. The number of carbonyl (C=O) groups excluding carboxylic acids is 1. The van der Waals surface area contributed by atoms with Crippen molar-refractivity contribution in [2.24, 2.45) is 0 Å². The van der Waals surface area contributed by atoms with Crippen LogP contribution in [0, 0.1) is 3.57 Å². The third-order valence-corrected chi connectivity index (χ3v) is 4.74. The molecule has 1 heterocycles. The number of hydrogen-bond donors (Lipinski definition) is 2. The monoisotopic (exact) mass is 412 g/mol. The molecule has 2 N–H and O–H groups in total. The lowest BCUT2D eigenvalue weighted by Crippen LogP contribution is -2.25. The van der Waals surface area contributed by atoms with E-state index in [4.69, 9.17) is 11.6 Å². The molecule has 3 nitrogen and oxygen atoms in total. The van der Waals surface area contributed by atoms with Crippen LogP contribution in [0.5, 0.6) is 0 Å². The van der Waals surface area contributed by atoms with Crippen LogP contribution < -0.4 is 10.6 Å². The first-order valence-corrected chi connectivity index (χ1v) is 8.19. The Morgan fingerprint density at radius 2 is 2.14 bits per heavy atom. The normalized spacial score (nSPS) is 13.6. The van der Waals surface area contributed by atoms with Crippen molar-refractivity contribution in [1.29, 1.82) is 0 Å². The number of fused-ring (bicyclic) bond motifs is 1. The van der Waals surface area contributed by atoms with Gasteiger partial charge in [0.05, 0.1) is 5.56 Å². The summed E-state index contributed by atoms with van der Waals surface area (Å²) < 4.78 is 0.890. The maximum absolute atomic E-state index is 12.5. The van der Waals surface area contributed by atoms with Crippen molar-refractivity contribution in [1.82, 2.24) is 5.32 Å². The van der Waals surface area contributed by atoms with Crippen LogP contribution in [0.2, 0.25) is 5.02 Å². The molecule has 1 amide bonds. The lowest BCUT2D eigenvalue weighted by Gasteiger charge is -2.20. The van der Waals surface area contributed by atoms with Crippen LogP contribution in [-0.2, 0) is 13.0 Å². The van der Waals surface area contributed by atoms with E-state index in [2.05, 4.69) is 39.3 Å². The van der Waals surface area contributed by atoms with Crippen LogP contribution in [0.25, 0.3) is 0 Å². The molecule has 108 valence electrons. The lowest BCUT2D eigenvalue weighted by molar-refractivity contribution is 0.102. The van der Waals surface area contributed by atoms with E-state index in [0.29, 0.717) is 10.6 Å². The zero-order valence-corrected chi connectivity index (χ0v) is 14.2. The topological polar surface area (TPSA) is 41.1 Å². The van der Waals surface area contributed by atoms with Gasteiger partial charge < -0.3 is 10.6 Å². The van der Waals surface area contributed by atoms with Gasteiger partial charge in [0.2, 0.25) is 0 Å². The number of anilines is 1. The Morgan fingerprint density at radius 1 is 1.29 bits per heavy atom. The van der Waals surface area contributed by atoms with Crippen LogP contribution in [0.3, 0.4) is 0 Å². The van der Waals surface area contributed by atoms with Gasteiger partial charge in [0, 0.05) is 20.8 Å². The van der Waals surface area contributed by atoms with Crippen molar-refractivity contribution in [3.8, 4) is 0 Å². The van der Waals surface area contributed by atoms with Gasteiger partial charge in [-0.15, -0.1) is 0 Å². The van der Waals surface area contributed by atoms with Gasteiger partial charge in [0.25, 0.3) is 5.91 Å². The van der Waals surface area contributed by atoms with E-state index in [1.165, 1.54) is 11.1 Å². The Balaban J connectivity index is 1.90. The van der Waals surface area contributed by atoms with Crippen LogP contribution in [-0.4, -0.2) is 12.5 Å². The van der Waals surface area contributed by atoms with Crippen molar-refractivity contribution >= 4 is 45.8 Å². The number of carbonyl (C=O) groups is 1. The molecule has 0 saturated carbocycles. The SMILES string of the molecule is O=C(Nc1cccc2c1CCNC2)c1cc(Cl)ccc1I. The molecule has 0 unspecified atom stereocenters. The number of rotatable bonds is 2. The van der Waals surface area contributed by atoms with Gasteiger partial charge in [-0.3, -0.25) is 4.79 Å². The summed E-state index contributed by atoms with van der Waals surface area (Å²) in [5.41, 5.74) is 3.98. The second-order valence-electron chi connectivity index (χ2n) is 4.95. The number of benzene rings is 2. The minimum atomic E-state index is -0.117. The van der Waals surface area contributed by atoms with E-state index in [-0.39, 0.29) is 5.91 Å². The molecule has 5 heteroatoms. The summed E-state index contributed by atoms with van der Waals surface area (Å²) in [5.74, 6) is -0.117. The highest BCUT2D eigenvalue weighted by Crippen LogP contribution is 2.25. The van der Waals surface area contributed by atoms with Crippen molar-refractivity contribution in [2.45, 2.75) is 13.0 Å². The summed E-state index contributed by atoms with van der Waals surface area (Å²) in [7, 11) is 0. The molecule has 1 aliphatic rings. The molecule has 2 aromatic carbocycles. The van der Waals surface area contributed by atoms with Crippen LogP contribution in [0.1, 0.15) is 21.5 Å². The number of amides is 1. The molecule has 21 heavy (non-hydrogen) atoms. The summed E-state index contributed by atoms with van der Waals surface area (Å²) in [4.78, 5) is 12.5. The van der Waals surface area contributed by atoms with Crippen molar-refractivity contribution in [3.63, 3.8) is 0 Å². The summed E-state index contributed by atoms with van der Waals surface area (Å²) in [6.45, 7) is 1.79. The van der Waals surface area contributed by atoms with E-state index in [0.717, 1.165) is 28.8 Å². The zero-order valence-electron chi connectivity index (χ0n) is 11.2. The Kier molecular flexibility index (Phi) is 4.47. The van der Waals surface area contributed by atoms with E-state index < -0.39 is 0 Å². The number of hydrogen-bond acceptors (Lipinski definition) is 2. The van der Waals surface area contributed by atoms with Gasteiger partial charge in [0.15, 0.2) is 0 Å². The quantitative estimate of drug-likeness (QED) is 0.736. The molecule has 0 radical (unpaired) electrons. The molecule has 0 bridgehead atoms. The molecule has 0 atom stereocenters. The Labute approximate surface area is 142 Å². The first-order chi connectivity index (χ1) is 10.1. The fourth-order valence-electron chi connectivity index (χ4n) is 2.51. The Bertz CT molecular complexity index is 703. The van der Waals surface area contributed by atoms with E-state index in [9.17, 15) is 4.79 Å². The standard InChI is InChI=1S/C16H14ClIN2O/c17-11-4-5-14(18)13(8-11)16(21)20-15-3-1-2-10-9-19-7-6-12(10)15/h1-5,8,19H,6-7,9H2,(H,20,21). The second kappa shape index (κ2) is 6.34. The predicted molar refractivity (Wildman–Crippen MR) is 94.0 cm³/mol. The molecule has 0 spiro atoms. The molecule has 0 aromatic heterocycles. The molecule has 3 rings (SSSR count). The molecule has 2 aromatic rings. The molecular formula is C16H14ClIN2O. The third kappa shape index (κ3) is 3.22. The van der Waals surface area contributed by atoms with Gasteiger partial charge in [0.1, 0.15) is 0 Å². The Morgan fingerprint density at radius 3 is 3.00 bits per heavy atom. The van der Waals surface area contributed by atoms with Crippen LogP contribution in [0.15, 0.2) is 36.4 Å². The first-order valence-electron chi connectivity index (χ1n) is 6.73. The van der Waals surface area contributed by atoms with Gasteiger partial charge >= 0.3 is 0 Å². The number of nitrogens with one attached hydrogen (secondary N) is 2. The fourth-order valence-corrected chi connectivity index (χ4v) is 3.26. The maximum atomic E-state index is 12.5. The zero-order chi connectivity index (χ0) is 14.8. The van der Waals surface area contributed by atoms with Gasteiger partial charge in [-0.25, -0.2) is 0 Å². The molecule has 1 aliphatic heterocycles. The molecule has 0 saturated heterocycles. The van der Waals surface area contributed by atoms with Gasteiger partial charge in [-0.05, 0) is 70.9 Å². The summed E-state index contributed by atoms with van der Waals surface area (Å²) in [6.07, 6.45) is 0.929. The first kappa shape index (κ1) is 14.8. The largest absolute Gasteiger partial charge is 0.322 e. The average Bonchev–Trinajstić information content (AvgIpc) is 2.50. The minimum absolute atomic E-state index is 0.117. The lowest BCUT2D eigenvalue weighted by atomic mass is 9.99. The smallest absolute Gasteiger partial charge is 0.256 e.